The predicted molar refractivity (Wildman–Crippen MR) is 127 cm³/mol. The number of nitrogens with zero attached hydrogens (tertiary/aromatic N) is 1. The first-order valence-electron chi connectivity index (χ1n) is 10.9. The lowest BCUT2D eigenvalue weighted by Crippen LogP contribution is -2.35. The molecule has 166 valence electrons. The molecule has 0 fully saturated rings. The van der Waals surface area contributed by atoms with Crippen LogP contribution >= 0.6 is 0 Å². The number of hydrogen-bond acceptors (Lipinski definition) is 3. The van der Waals surface area contributed by atoms with Gasteiger partial charge < -0.3 is 5.32 Å². The second-order valence-electron chi connectivity index (χ2n) is 8.41. The van der Waals surface area contributed by atoms with Gasteiger partial charge >= 0.3 is 0 Å². The van der Waals surface area contributed by atoms with Crippen LogP contribution in [0.5, 0.6) is 0 Å². The first kappa shape index (κ1) is 22.1. The first-order chi connectivity index (χ1) is 15.4. The summed E-state index contributed by atoms with van der Waals surface area (Å²) in [5.74, 6) is -0.134. The van der Waals surface area contributed by atoms with Gasteiger partial charge in [-0.1, -0.05) is 48.5 Å². The lowest BCUT2D eigenvalue weighted by Gasteiger charge is -2.24. The van der Waals surface area contributed by atoms with Crippen LogP contribution in [0.1, 0.15) is 41.8 Å². The Labute approximate surface area is 190 Å². The topological polar surface area (TPSA) is 66.5 Å². The summed E-state index contributed by atoms with van der Waals surface area (Å²) >= 11 is 0. The number of rotatable bonds is 7. The Morgan fingerprint density at radius 1 is 1.03 bits per heavy atom. The second kappa shape index (κ2) is 9.17. The smallest absolute Gasteiger partial charge is 0.264 e. The quantitative estimate of drug-likeness (QED) is 0.575. The van der Waals surface area contributed by atoms with E-state index in [0.29, 0.717) is 17.7 Å². The van der Waals surface area contributed by atoms with E-state index >= 15 is 0 Å². The van der Waals surface area contributed by atoms with E-state index in [1.165, 1.54) is 9.87 Å². The molecule has 1 aliphatic rings. The maximum absolute atomic E-state index is 13.2. The molecule has 1 N–H and O–H groups in total. The highest BCUT2D eigenvalue weighted by Crippen LogP contribution is 2.37. The van der Waals surface area contributed by atoms with Crippen molar-refractivity contribution in [2.75, 3.05) is 4.31 Å². The van der Waals surface area contributed by atoms with Gasteiger partial charge in [0.15, 0.2) is 0 Å². The molecule has 2 atom stereocenters. The molecule has 6 heteroatoms. The number of sulfonamides is 1. The van der Waals surface area contributed by atoms with Gasteiger partial charge in [-0.3, -0.25) is 9.10 Å². The molecule has 1 amide bonds. The fourth-order valence-electron chi connectivity index (χ4n) is 4.22. The number of carbonyl (C=O) groups is 1. The Bertz CT molecular complexity index is 1190. The Morgan fingerprint density at radius 2 is 1.69 bits per heavy atom. The molecule has 3 aromatic rings. The normalized spacial score (nSPS) is 16.4. The van der Waals surface area contributed by atoms with Crippen molar-refractivity contribution in [2.24, 2.45) is 0 Å². The molecule has 0 spiro atoms. The van der Waals surface area contributed by atoms with E-state index in [1.54, 1.807) is 42.5 Å². The van der Waals surface area contributed by atoms with Crippen molar-refractivity contribution in [1.29, 1.82) is 0 Å². The molecular weight excluding hydrogens is 420 g/mol. The molecule has 0 bridgehead atoms. The third-order valence-electron chi connectivity index (χ3n) is 5.88. The molecule has 0 radical (unpaired) electrons. The molecular formula is C26H28N2O3S. The number of amides is 1. The monoisotopic (exact) mass is 448 g/mol. The maximum Gasteiger partial charge on any atom is 0.264 e. The molecule has 0 aliphatic carbocycles. The Kier molecular flexibility index (Phi) is 6.33. The molecule has 32 heavy (non-hydrogen) atoms. The number of carbonyl (C=O) groups excluding carboxylic acids is 1. The van der Waals surface area contributed by atoms with Crippen LogP contribution in [0.3, 0.4) is 0 Å². The lowest BCUT2D eigenvalue weighted by atomic mass is 10.0. The van der Waals surface area contributed by atoms with Crippen LogP contribution in [0.2, 0.25) is 0 Å². The second-order valence-corrected chi connectivity index (χ2v) is 10.2. The van der Waals surface area contributed by atoms with Gasteiger partial charge in [0, 0.05) is 17.6 Å². The van der Waals surface area contributed by atoms with Crippen molar-refractivity contribution in [2.45, 2.75) is 50.1 Å². The summed E-state index contributed by atoms with van der Waals surface area (Å²) in [6.45, 7) is 3.90. The third-order valence-corrected chi connectivity index (χ3v) is 7.82. The lowest BCUT2D eigenvalue weighted by molar-refractivity contribution is 0.0938. The van der Waals surface area contributed by atoms with Crippen LogP contribution in [0, 0.1) is 0 Å². The average Bonchev–Trinajstić information content (AvgIpc) is 3.14. The summed E-state index contributed by atoms with van der Waals surface area (Å²) in [6.07, 6.45) is 2.32. The van der Waals surface area contributed by atoms with Gasteiger partial charge in [-0.2, -0.15) is 0 Å². The summed E-state index contributed by atoms with van der Waals surface area (Å²) in [7, 11) is -3.65. The van der Waals surface area contributed by atoms with E-state index in [0.717, 1.165) is 18.4 Å². The number of aryl methyl sites for hydroxylation is 1. The van der Waals surface area contributed by atoms with Crippen LogP contribution < -0.4 is 9.62 Å². The van der Waals surface area contributed by atoms with E-state index < -0.39 is 10.0 Å². The molecule has 1 heterocycles. The zero-order valence-corrected chi connectivity index (χ0v) is 19.2. The highest BCUT2D eigenvalue weighted by Gasteiger charge is 2.36. The van der Waals surface area contributed by atoms with Gasteiger partial charge in [-0.05, 0) is 74.6 Å². The molecule has 0 saturated carbocycles. The van der Waals surface area contributed by atoms with Crippen LogP contribution in [0.25, 0.3) is 0 Å². The number of anilines is 1. The van der Waals surface area contributed by atoms with Crippen LogP contribution in [0.15, 0.2) is 83.8 Å². The fraction of sp³-hybridized carbons (Fsp3) is 0.269. The van der Waals surface area contributed by atoms with Gasteiger partial charge in [-0.25, -0.2) is 8.42 Å². The SMILES string of the molecule is C[C@H](CCc1ccccc1)NC(=O)c1ccc2c(c1)C[C@@H](C)N2S(=O)(=O)c1ccccc1. The van der Waals surface area contributed by atoms with E-state index in [1.807, 2.05) is 38.1 Å². The summed E-state index contributed by atoms with van der Waals surface area (Å²) in [5.41, 5.74) is 3.33. The van der Waals surface area contributed by atoms with Gasteiger partial charge in [0.2, 0.25) is 0 Å². The number of nitrogens with one attached hydrogen (secondary N) is 1. The number of benzene rings is 3. The minimum atomic E-state index is -3.65. The largest absolute Gasteiger partial charge is 0.350 e. The van der Waals surface area contributed by atoms with Gasteiger partial charge in [0.1, 0.15) is 0 Å². The Morgan fingerprint density at radius 3 is 2.38 bits per heavy atom. The van der Waals surface area contributed by atoms with Crippen molar-refractivity contribution in [1.82, 2.24) is 5.32 Å². The highest BCUT2D eigenvalue weighted by atomic mass is 32.2. The molecule has 0 aromatic heterocycles. The molecule has 0 saturated heterocycles. The zero-order valence-electron chi connectivity index (χ0n) is 18.4. The van der Waals surface area contributed by atoms with Crippen molar-refractivity contribution in [3.8, 4) is 0 Å². The van der Waals surface area contributed by atoms with Crippen LogP contribution in [0.4, 0.5) is 5.69 Å². The maximum atomic E-state index is 13.2. The predicted octanol–water partition coefficient (Wildman–Crippen LogP) is 4.58. The van der Waals surface area contributed by atoms with Gasteiger partial charge in [-0.15, -0.1) is 0 Å². The molecule has 4 rings (SSSR count). The summed E-state index contributed by atoms with van der Waals surface area (Å²) in [4.78, 5) is 13.1. The van der Waals surface area contributed by atoms with E-state index in [4.69, 9.17) is 0 Å². The average molecular weight is 449 g/mol. The Hall–Kier alpha value is -3.12. The van der Waals surface area contributed by atoms with Crippen LogP contribution in [-0.4, -0.2) is 26.4 Å². The number of hydrogen-bond donors (Lipinski definition) is 1. The Balaban J connectivity index is 1.47. The van der Waals surface area contributed by atoms with E-state index in [9.17, 15) is 13.2 Å². The van der Waals surface area contributed by atoms with E-state index in [-0.39, 0.29) is 22.9 Å². The minimum absolute atomic E-state index is 0.0323. The summed E-state index contributed by atoms with van der Waals surface area (Å²) < 4.78 is 27.9. The standard InChI is InChI=1S/C26H28N2O3S/c1-19(13-14-21-9-5-3-6-10-21)27-26(29)22-15-16-25-23(18-22)17-20(2)28(25)32(30,31)24-11-7-4-8-12-24/h3-12,15-16,18-20H,13-14,17H2,1-2H3,(H,27,29)/t19-,20-/m1/s1. The molecule has 0 unspecified atom stereocenters. The van der Waals surface area contributed by atoms with Gasteiger partial charge in [0.05, 0.1) is 10.6 Å². The minimum Gasteiger partial charge on any atom is -0.350 e. The van der Waals surface area contributed by atoms with Crippen molar-refractivity contribution >= 4 is 21.6 Å². The molecule has 3 aromatic carbocycles. The van der Waals surface area contributed by atoms with Gasteiger partial charge in [0.25, 0.3) is 15.9 Å². The van der Waals surface area contributed by atoms with Crippen molar-refractivity contribution in [3.63, 3.8) is 0 Å². The van der Waals surface area contributed by atoms with Crippen molar-refractivity contribution < 1.29 is 13.2 Å². The zero-order chi connectivity index (χ0) is 22.7. The van der Waals surface area contributed by atoms with E-state index in [2.05, 4.69) is 17.4 Å². The third kappa shape index (κ3) is 4.55. The number of fused-ring (bicyclic) bond motifs is 1. The molecule has 1 aliphatic heterocycles. The highest BCUT2D eigenvalue weighted by molar-refractivity contribution is 7.92. The van der Waals surface area contributed by atoms with Crippen molar-refractivity contribution in [3.05, 3.63) is 95.6 Å². The molecule has 5 nitrogen and oxygen atoms in total. The van der Waals surface area contributed by atoms with Crippen LogP contribution in [-0.2, 0) is 22.9 Å². The summed E-state index contributed by atoms with van der Waals surface area (Å²) in [5, 5.41) is 3.07. The first-order valence-corrected chi connectivity index (χ1v) is 12.4. The fourth-order valence-corrected chi connectivity index (χ4v) is 5.94. The summed E-state index contributed by atoms with van der Waals surface area (Å²) in [6, 6.07) is 23.8.